The molecule has 1 atom stereocenters. The molecule has 1 fully saturated rings. The lowest BCUT2D eigenvalue weighted by atomic mass is 10.1. The monoisotopic (exact) mass is 238 g/mol. The summed E-state index contributed by atoms with van der Waals surface area (Å²) in [6.07, 6.45) is 2.13. The lowest BCUT2D eigenvalue weighted by Crippen LogP contribution is -2.47. The zero-order valence-electron chi connectivity index (χ0n) is 10.2. The number of amides is 2. The summed E-state index contributed by atoms with van der Waals surface area (Å²) in [5, 5.41) is 9.26. The highest BCUT2D eigenvalue weighted by molar-refractivity contribution is 5.87. The van der Waals surface area contributed by atoms with Crippen molar-refractivity contribution in [1.82, 2.24) is 15.4 Å². The number of urea groups is 1. The molecule has 1 aliphatic heterocycles. The first-order valence-electron chi connectivity index (χ1n) is 5.83. The molecular formula is C11H18N4O2. The third-order valence-electron chi connectivity index (χ3n) is 2.82. The van der Waals surface area contributed by atoms with Crippen molar-refractivity contribution < 1.29 is 9.32 Å². The van der Waals surface area contributed by atoms with Crippen LogP contribution in [0.3, 0.4) is 0 Å². The van der Waals surface area contributed by atoms with Crippen molar-refractivity contribution in [3.8, 4) is 0 Å². The maximum atomic E-state index is 11.7. The minimum Gasteiger partial charge on any atom is -0.338 e. The summed E-state index contributed by atoms with van der Waals surface area (Å²) in [7, 11) is 2.06. The van der Waals surface area contributed by atoms with Crippen LogP contribution in [0.4, 0.5) is 10.7 Å². The second kappa shape index (κ2) is 5.18. The largest absolute Gasteiger partial charge is 0.338 e. The molecule has 2 heterocycles. The van der Waals surface area contributed by atoms with Crippen LogP contribution in [0.25, 0.3) is 0 Å². The van der Waals surface area contributed by atoms with Gasteiger partial charge in [-0.1, -0.05) is 5.16 Å². The fourth-order valence-corrected chi connectivity index (χ4v) is 2.04. The lowest BCUT2D eigenvalue weighted by molar-refractivity contribution is 0.216. The van der Waals surface area contributed by atoms with Gasteiger partial charge in [0.1, 0.15) is 0 Å². The molecule has 1 saturated heterocycles. The molecule has 17 heavy (non-hydrogen) atoms. The van der Waals surface area contributed by atoms with Gasteiger partial charge in [-0.3, -0.25) is 5.32 Å². The molecule has 0 radical (unpaired) electrons. The molecular weight excluding hydrogens is 220 g/mol. The summed E-state index contributed by atoms with van der Waals surface area (Å²) in [4.78, 5) is 13.9. The van der Waals surface area contributed by atoms with Gasteiger partial charge in [-0.15, -0.1) is 0 Å². The average Bonchev–Trinajstić information content (AvgIpc) is 2.63. The van der Waals surface area contributed by atoms with Gasteiger partial charge in [-0.25, -0.2) is 4.79 Å². The van der Waals surface area contributed by atoms with Crippen LogP contribution >= 0.6 is 0 Å². The number of nitrogens with zero attached hydrogens (tertiary/aromatic N) is 2. The van der Waals surface area contributed by atoms with Crippen molar-refractivity contribution in [2.75, 3.05) is 25.5 Å². The van der Waals surface area contributed by atoms with Gasteiger partial charge in [0.2, 0.25) is 5.88 Å². The smallest absolute Gasteiger partial charge is 0.321 e. The number of nitrogens with one attached hydrogen (secondary N) is 2. The van der Waals surface area contributed by atoms with E-state index in [0.717, 1.165) is 31.6 Å². The minimum atomic E-state index is -0.235. The number of aryl methyl sites for hydroxylation is 1. The molecule has 1 aromatic rings. The number of carbonyl (C=O) groups is 1. The highest BCUT2D eigenvalue weighted by Gasteiger charge is 2.19. The lowest BCUT2D eigenvalue weighted by Gasteiger charge is -2.29. The van der Waals surface area contributed by atoms with Gasteiger partial charge in [0.05, 0.1) is 5.69 Å². The van der Waals surface area contributed by atoms with E-state index in [2.05, 4.69) is 27.7 Å². The van der Waals surface area contributed by atoms with Gasteiger partial charge < -0.3 is 14.7 Å². The van der Waals surface area contributed by atoms with Gasteiger partial charge in [-0.05, 0) is 33.4 Å². The SMILES string of the molecule is Cc1cc(NC(=O)N[C@@H]2CCCN(C)C2)on1. The summed E-state index contributed by atoms with van der Waals surface area (Å²) in [6, 6.07) is 1.66. The van der Waals surface area contributed by atoms with Crippen LogP contribution in [0.15, 0.2) is 10.6 Å². The number of anilines is 1. The fraction of sp³-hybridized carbons (Fsp3) is 0.636. The van der Waals surface area contributed by atoms with E-state index in [1.54, 1.807) is 6.07 Å². The van der Waals surface area contributed by atoms with Crippen molar-refractivity contribution in [2.24, 2.45) is 0 Å². The quantitative estimate of drug-likeness (QED) is 0.812. The molecule has 0 spiro atoms. The third kappa shape index (κ3) is 3.45. The maximum absolute atomic E-state index is 11.7. The first-order chi connectivity index (χ1) is 8.13. The molecule has 2 rings (SSSR count). The Morgan fingerprint density at radius 1 is 1.65 bits per heavy atom. The van der Waals surface area contributed by atoms with Crippen LogP contribution in [-0.2, 0) is 0 Å². The Bertz CT molecular complexity index is 391. The Balaban J connectivity index is 1.80. The molecule has 0 unspecified atom stereocenters. The highest BCUT2D eigenvalue weighted by Crippen LogP contribution is 2.10. The Morgan fingerprint density at radius 2 is 2.47 bits per heavy atom. The van der Waals surface area contributed by atoms with E-state index in [-0.39, 0.29) is 12.1 Å². The van der Waals surface area contributed by atoms with E-state index >= 15 is 0 Å². The van der Waals surface area contributed by atoms with E-state index in [1.165, 1.54) is 0 Å². The number of likely N-dealkylation sites (N-methyl/N-ethyl adjacent to an activating group) is 1. The molecule has 6 nitrogen and oxygen atoms in total. The number of piperidine rings is 1. The molecule has 2 N–H and O–H groups in total. The standard InChI is InChI=1S/C11H18N4O2/c1-8-6-10(17-14-8)13-11(16)12-9-4-3-5-15(2)7-9/h6,9H,3-5,7H2,1-2H3,(H2,12,13,16)/t9-/m1/s1. The normalized spacial score (nSPS) is 21.2. The van der Waals surface area contributed by atoms with E-state index in [1.807, 2.05) is 6.92 Å². The van der Waals surface area contributed by atoms with Crippen LogP contribution in [0, 0.1) is 6.92 Å². The van der Waals surface area contributed by atoms with Gasteiger partial charge >= 0.3 is 6.03 Å². The molecule has 1 aliphatic rings. The Kier molecular flexibility index (Phi) is 3.63. The topological polar surface area (TPSA) is 70.4 Å². The summed E-state index contributed by atoms with van der Waals surface area (Å²) in [6.45, 7) is 3.80. The van der Waals surface area contributed by atoms with Gasteiger partial charge in [0.25, 0.3) is 0 Å². The molecule has 0 aliphatic carbocycles. The second-order valence-corrected chi connectivity index (χ2v) is 4.53. The molecule has 1 aromatic heterocycles. The summed E-state index contributed by atoms with van der Waals surface area (Å²) in [5.74, 6) is 0.379. The summed E-state index contributed by atoms with van der Waals surface area (Å²) >= 11 is 0. The van der Waals surface area contributed by atoms with E-state index in [4.69, 9.17) is 4.52 Å². The number of carbonyl (C=O) groups excluding carboxylic acids is 1. The first kappa shape index (κ1) is 11.9. The second-order valence-electron chi connectivity index (χ2n) is 4.53. The molecule has 0 aromatic carbocycles. The van der Waals surface area contributed by atoms with Crippen molar-refractivity contribution in [3.63, 3.8) is 0 Å². The molecule has 6 heteroatoms. The Labute approximate surface area is 100 Å². The number of hydrogen-bond acceptors (Lipinski definition) is 4. The first-order valence-corrected chi connectivity index (χ1v) is 5.83. The zero-order valence-corrected chi connectivity index (χ0v) is 10.2. The number of hydrogen-bond donors (Lipinski definition) is 2. The maximum Gasteiger partial charge on any atom is 0.321 e. The third-order valence-corrected chi connectivity index (χ3v) is 2.82. The van der Waals surface area contributed by atoms with E-state index < -0.39 is 0 Å². The zero-order chi connectivity index (χ0) is 12.3. The highest BCUT2D eigenvalue weighted by atomic mass is 16.5. The van der Waals surface area contributed by atoms with Crippen molar-refractivity contribution in [2.45, 2.75) is 25.8 Å². The molecule has 94 valence electrons. The number of rotatable bonds is 2. The van der Waals surface area contributed by atoms with E-state index in [9.17, 15) is 4.79 Å². The van der Waals surface area contributed by atoms with Gasteiger partial charge in [0.15, 0.2) is 0 Å². The van der Waals surface area contributed by atoms with Crippen LogP contribution in [0.1, 0.15) is 18.5 Å². The number of likely N-dealkylation sites (tertiary alicyclic amines) is 1. The predicted molar refractivity (Wildman–Crippen MR) is 63.9 cm³/mol. The van der Waals surface area contributed by atoms with Crippen LogP contribution in [0.2, 0.25) is 0 Å². The Morgan fingerprint density at radius 3 is 3.12 bits per heavy atom. The number of aromatic nitrogens is 1. The van der Waals surface area contributed by atoms with E-state index in [0.29, 0.717) is 5.88 Å². The van der Waals surface area contributed by atoms with Crippen molar-refractivity contribution >= 4 is 11.9 Å². The molecule has 0 saturated carbocycles. The van der Waals surface area contributed by atoms with Crippen LogP contribution in [-0.4, -0.2) is 42.3 Å². The van der Waals surface area contributed by atoms with Crippen LogP contribution < -0.4 is 10.6 Å². The summed E-state index contributed by atoms with van der Waals surface area (Å²) < 4.78 is 4.91. The van der Waals surface area contributed by atoms with Gasteiger partial charge in [-0.2, -0.15) is 0 Å². The van der Waals surface area contributed by atoms with Crippen LogP contribution in [0.5, 0.6) is 0 Å². The van der Waals surface area contributed by atoms with Crippen molar-refractivity contribution in [1.29, 1.82) is 0 Å². The fourth-order valence-electron chi connectivity index (χ4n) is 2.04. The van der Waals surface area contributed by atoms with Gasteiger partial charge in [0, 0.05) is 18.7 Å². The predicted octanol–water partition coefficient (Wildman–Crippen LogP) is 1.20. The average molecular weight is 238 g/mol. The summed E-state index contributed by atoms with van der Waals surface area (Å²) in [5.41, 5.74) is 0.748. The molecule has 0 bridgehead atoms. The minimum absolute atomic E-state index is 0.206. The molecule has 2 amide bonds. The Hall–Kier alpha value is -1.56. The van der Waals surface area contributed by atoms with Crippen molar-refractivity contribution in [3.05, 3.63) is 11.8 Å².